The summed E-state index contributed by atoms with van der Waals surface area (Å²) < 4.78 is 45.5. The lowest BCUT2D eigenvalue weighted by atomic mass is 10.1. The maximum Gasteiger partial charge on any atom is 0.316 e. The van der Waals surface area contributed by atoms with E-state index in [9.17, 15) is 12.8 Å². The van der Waals surface area contributed by atoms with E-state index in [1.807, 2.05) is 6.92 Å². The number of aromatic nitrogens is 2. The van der Waals surface area contributed by atoms with Crippen LogP contribution in [0.25, 0.3) is 0 Å². The molecule has 1 aliphatic heterocycles. The van der Waals surface area contributed by atoms with Gasteiger partial charge in [0.15, 0.2) is 0 Å². The van der Waals surface area contributed by atoms with Crippen molar-refractivity contribution in [2.75, 3.05) is 13.1 Å². The number of hydrogen-bond donors (Lipinski definition) is 0. The lowest BCUT2D eigenvalue weighted by Crippen LogP contribution is -2.44. The molecule has 0 radical (unpaired) electrons. The summed E-state index contributed by atoms with van der Waals surface area (Å²) >= 11 is 0. The first-order valence-electron chi connectivity index (χ1n) is 8.22. The summed E-state index contributed by atoms with van der Waals surface area (Å²) in [6.45, 7) is 2.65. The molecule has 0 N–H and O–H groups in total. The molecule has 25 heavy (non-hydrogen) atoms. The van der Waals surface area contributed by atoms with Gasteiger partial charge in [-0.3, -0.25) is 0 Å². The Balaban J connectivity index is 1.70. The Hall–Kier alpha value is -2.06. The molecule has 0 bridgehead atoms. The van der Waals surface area contributed by atoms with Crippen molar-refractivity contribution in [1.29, 1.82) is 0 Å². The van der Waals surface area contributed by atoms with Crippen LogP contribution in [0.5, 0.6) is 6.01 Å². The molecular formula is C17H20FN3O3S. The van der Waals surface area contributed by atoms with Crippen molar-refractivity contribution in [1.82, 2.24) is 14.3 Å². The van der Waals surface area contributed by atoms with E-state index >= 15 is 0 Å². The quantitative estimate of drug-likeness (QED) is 0.814. The molecule has 3 rings (SSSR count). The maximum absolute atomic E-state index is 13.0. The van der Waals surface area contributed by atoms with Crippen LogP contribution in [0.4, 0.5) is 4.39 Å². The highest BCUT2D eigenvalue weighted by Gasteiger charge is 2.31. The Morgan fingerprint density at radius 1 is 1.24 bits per heavy atom. The third-order valence-corrected chi connectivity index (χ3v) is 6.03. The molecule has 2 aromatic rings. The van der Waals surface area contributed by atoms with Gasteiger partial charge in [-0.1, -0.05) is 6.92 Å². The van der Waals surface area contributed by atoms with E-state index in [2.05, 4.69) is 9.97 Å². The second kappa shape index (κ2) is 7.45. The van der Waals surface area contributed by atoms with Crippen LogP contribution in [0.15, 0.2) is 41.6 Å². The molecule has 2 heterocycles. The number of nitrogens with zero attached hydrogens (tertiary/aromatic N) is 3. The fourth-order valence-corrected chi connectivity index (χ4v) is 4.22. The van der Waals surface area contributed by atoms with Crippen molar-refractivity contribution in [2.45, 2.75) is 37.2 Å². The largest absolute Gasteiger partial charge is 0.459 e. The van der Waals surface area contributed by atoms with Crippen LogP contribution in [0.2, 0.25) is 0 Å². The average Bonchev–Trinajstić information content (AvgIpc) is 2.63. The molecule has 1 aromatic heterocycles. The number of sulfonamides is 1. The van der Waals surface area contributed by atoms with Gasteiger partial charge in [0.2, 0.25) is 10.0 Å². The Morgan fingerprint density at radius 3 is 2.56 bits per heavy atom. The van der Waals surface area contributed by atoms with Crippen LogP contribution < -0.4 is 4.74 Å². The predicted octanol–water partition coefficient (Wildman–Crippen LogP) is 2.41. The van der Waals surface area contributed by atoms with E-state index < -0.39 is 15.8 Å². The molecule has 134 valence electrons. The summed E-state index contributed by atoms with van der Waals surface area (Å²) in [5, 5.41) is 0. The SMILES string of the molecule is CCc1cnc(OC2CCCN(S(=O)(=O)c3ccc(F)cc3)C2)nc1. The van der Waals surface area contributed by atoms with Gasteiger partial charge in [-0.05, 0) is 49.1 Å². The lowest BCUT2D eigenvalue weighted by molar-refractivity contribution is 0.119. The van der Waals surface area contributed by atoms with Crippen molar-refractivity contribution in [3.8, 4) is 6.01 Å². The molecule has 0 saturated carbocycles. The van der Waals surface area contributed by atoms with Gasteiger partial charge in [0.05, 0.1) is 11.4 Å². The molecule has 8 heteroatoms. The summed E-state index contributed by atoms with van der Waals surface area (Å²) in [7, 11) is -3.67. The average molecular weight is 365 g/mol. The number of rotatable bonds is 5. The predicted molar refractivity (Wildman–Crippen MR) is 90.2 cm³/mol. The smallest absolute Gasteiger partial charge is 0.316 e. The second-order valence-corrected chi connectivity index (χ2v) is 7.86. The van der Waals surface area contributed by atoms with E-state index in [1.54, 1.807) is 12.4 Å². The highest BCUT2D eigenvalue weighted by atomic mass is 32.2. The molecule has 6 nitrogen and oxygen atoms in total. The van der Waals surface area contributed by atoms with E-state index in [0.717, 1.165) is 30.5 Å². The third-order valence-electron chi connectivity index (χ3n) is 4.15. The second-order valence-electron chi connectivity index (χ2n) is 5.93. The summed E-state index contributed by atoms with van der Waals surface area (Å²) in [4.78, 5) is 8.39. The first-order chi connectivity index (χ1) is 12.0. The number of hydrogen-bond acceptors (Lipinski definition) is 5. The zero-order valence-electron chi connectivity index (χ0n) is 13.9. The molecule has 1 aromatic carbocycles. The van der Waals surface area contributed by atoms with Crippen LogP contribution in [0.3, 0.4) is 0 Å². The number of ether oxygens (including phenoxy) is 1. The molecule has 1 fully saturated rings. The van der Waals surface area contributed by atoms with E-state index in [1.165, 1.54) is 16.4 Å². The minimum absolute atomic E-state index is 0.0816. The lowest BCUT2D eigenvalue weighted by Gasteiger charge is -2.31. The maximum atomic E-state index is 13.0. The van der Waals surface area contributed by atoms with Gasteiger partial charge in [0, 0.05) is 18.9 Å². The number of benzene rings is 1. The van der Waals surface area contributed by atoms with Crippen LogP contribution in [0.1, 0.15) is 25.3 Å². The third kappa shape index (κ3) is 4.13. The van der Waals surface area contributed by atoms with Gasteiger partial charge < -0.3 is 4.74 Å². The fourth-order valence-electron chi connectivity index (χ4n) is 2.71. The van der Waals surface area contributed by atoms with Crippen molar-refractivity contribution in [3.63, 3.8) is 0 Å². The number of aryl methyl sites for hydroxylation is 1. The molecule has 1 atom stereocenters. The molecule has 0 spiro atoms. The number of halogens is 1. The minimum atomic E-state index is -3.67. The van der Waals surface area contributed by atoms with Gasteiger partial charge in [0.1, 0.15) is 11.9 Å². The van der Waals surface area contributed by atoms with Gasteiger partial charge in [-0.15, -0.1) is 0 Å². The van der Waals surface area contributed by atoms with Crippen molar-refractivity contribution >= 4 is 10.0 Å². The van der Waals surface area contributed by atoms with E-state index in [-0.39, 0.29) is 23.6 Å². The monoisotopic (exact) mass is 365 g/mol. The first kappa shape index (κ1) is 17.8. The zero-order chi connectivity index (χ0) is 17.9. The molecule has 0 amide bonds. The number of piperidine rings is 1. The highest BCUT2D eigenvalue weighted by Crippen LogP contribution is 2.22. The minimum Gasteiger partial charge on any atom is -0.459 e. The van der Waals surface area contributed by atoms with Gasteiger partial charge in [-0.25, -0.2) is 22.8 Å². The standard InChI is InChI=1S/C17H20FN3O3S/c1-2-13-10-19-17(20-11-13)24-15-4-3-9-21(12-15)25(22,23)16-7-5-14(18)6-8-16/h5-8,10-11,15H,2-4,9,12H2,1H3. The van der Waals surface area contributed by atoms with Gasteiger partial charge in [-0.2, -0.15) is 4.31 Å². The van der Waals surface area contributed by atoms with Crippen LogP contribution in [-0.2, 0) is 16.4 Å². The van der Waals surface area contributed by atoms with Crippen LogP contribution in [-0.4, -0.2) is 41.9 Å². The normalized spacial score (nSPS) is 18.9. The van der Waals surface area contributed by atoms with Crippen LogP contribution in [0, 0.1) is 5.82 Å². The van der Waals surface area contributed by atoms with E-state index in [0.29, 0.717) is 13.0 Å². The summed E-state index contributed by atoms with van der Waals surface area (Å²) in [6.07, 6.45) is 5.35. The van der Waals surface area contributed by atoms with Crippen molar-refractivity contribution in [2.24, 2.45) is 0 Å². The summed E-state index contributed by atoms with van der Waals surface area (Å²) in [5.74, 6) is -0.466. The molecular weight excluding hydrogens is 345 g/mol. The summed E-state index contributed by atoms with van der Waals surface area (Å²) in [6, 6.07) is 5.11. The molecule has 1 unspecified atom stereocenters. The Kier molecular flexibility index (Phi) is 5.29. The molecule has 1 saturated heterocycles. The first-order valence-corrected chi connectivity index (χ1v) is 9.66. The zero-order valence-corrected chi connectivity index (χ0v) is 14.7. The van der Waals surface area contributed by atoms with E-state index in [4.69, 9.17) is 4.74 Å². The van der Waals surface area contributed by atoms with Crippen molar-refractivity contribution < 1.29 is 17.5 Å². The van der Waals surface area contributed by atoms with Crippen molar-refractivity contribution in [3.05, 3.63) is 48.0 Å². The van der Waals surface area contributed by atoms with Gasteiger partial charge in [0.25, 0.3) is 0 Å². The van der Waals surface area contributed by atoms with Crippen LogP contribution >= 0.6 is 0 Å². The Morgan fingerprint density at radius 2 is 1.92 bits per heavy atom. The fraction of sp³-hybridized carbons (Fsp3) is 0.412. The summed E-state index contributed by atoms with van der Waals surface area (Å²) in [5.41, 5.74) is 1.01. The van der Waals surface area contributed by atoms with Gasteiger partial charge >= 0.3 is 6.01 Å². The Labute approximate surface area is 146 Å². The highest BCUT2D eigenvalue weighted by molar-refractivity contribution is 7.89. The molecule has 1 aliphatic rings. The molecule has 0 aliphatic carbocycles. The topological polar surface area (TPSA) is 72.4 Å². The Bertz CT molecular complexity index is 810.